The summed E-state index contributed by atoms with van der Waals surface area (Å²) in [5, 5.41) is 2.87. The summed E-state index contributed by atoms with van der Waals surface area (Å²) in [7, 11) is 3.85. The molecule has 0 fully saturated rings. The Morgan fingerprint density at radius 3 is 2.24 bits per heavy atom. The van der Waals surface area contributed by atoms with Gasteiger partial charge in [-0.3, -0.25) is 4.79 Å². The van der Waals surface area contributed by atoms with Gasteiger partial charge in [-0.05, 0) is 31.8 Å². The number of nitrogens with two attached hydrogens (primary N) is 1. The van der Waals surface area contributed by atoms with E-state index in [0.29, 0.717) is 13.1 Å². The van der Waals surface area contributed by atoms with Crippen molar-refractivity contribution in [1.82, 2.24) is 10.2 Å². The Labute approximate surface area is 138 Å². The highest BCUT2D eigenvalue weighted by Gasteiger charge is 2.17. The van der Waals surface area contributed by atoms with Gasteiger partial charge in [-0.25, -0.2) is 4.39 Å². The van der Waals surface area contributed by atoms with Crippen molar-refractivity contribution >= 4 is 30.7 Å². The fourth-order valence-corrected chi connectivity index (χ4v) is 1.76. The van der Waals surface area contributed by atoms with Crippen LogP contribution in [0.4, 0.5) is 4.39 Å². The molecule has 7 heteroatoms. The molecule has 21 heavy (non-hydrogen) atoms. The Bertz CT molecular complexity index is 415. The average Bonchev–Trinajstić information content (AvgIpc) is 2.39. The van der Waals surface area contributed by atoms with Crippen LogP contribution in [0.25, 0.3) is 0 Å². The second-order valence-electron chi connectivity index (χ2n) is 4.91. The monoisotopic (exact) mass is 339 g/mol. The number of likely N-dealkylation sites (N-methyl/N-ethyl adjacent to an activating group) is 1. The lowest BCUT2D eigenvalue weighted by Crippen LogP contribution is -2.38. The highest BCUT2D eigenvalue weighted by molar-refractivity contribution is 5.85. The van der Waals surface area contributed by atoms with Crippen LogP contribution >= 0.6 is 24.8 Å². The van der Waals surface area contributed by atoms with Crippen molar-refractivity contribution < 1.29 is 9.18 Å². The summed E-state index contributed by atoms with van der Waals surface area (Å²) >= 11 is 0. The van der Waals surface area contributed by atoms with E-state index in [1.165, 1.54) is 12.1 Å². The van der Waals surface area contributed by atoms with E-state index in [1.54, 1.807) is 19.1 Å². The van der Waals surface area contributed by atoms with Crippen molar-refractivity contribution in [3.8, 4) is 0 Å². The Morgan fingerprint density at radius 2 is 1.81 bits per heavy atom. The lowest BCUT2D eigenvalue weighted by atomic mass is 10.1. The lowest BCUT2D eigenvalue weighted by Gasteiger charge is -2.25. The number of rotatable bonds is 6. The maximum Gasteiger partial charge on any atom is 0.224 e. The number of carbonyl (C=O) groups is 1. The number of amides is 1. The molecule has 0 saturated carbocycles. The summed E-state index contributed by atoms with van der Waals surface area (Å²) in [5.41, 5.74) is 6.42. The van der Waals surface area contributed by atoms with Crippen LogP contribution in [0.3, 0.4) is 0 Å². The first-order chi connectivity index (χ1) is 8.95. The van der Waals surface area contributed by atoms with Gasteiger partial charge in [0.25, 0.3) is 0 Å². The Morgan fingerprint density at radius 1 is 1.29 bits per heavy atom. The van der Waals surface area contributed by atoms with E-state index in [2.05, 4.69) is 5.32 Å². The third-order valence-electron chi connectivity index (χ3n) is 3.15. The van der Waals surface area contributed by atoms with Gasteiger partial charge in [0.1, 0.15) is 5.82 Å². The van der Waals surface area contributed by atoms with Crippen LogP contribution in [0, 0.1) is 11.7 Å². The lowest BCUT2D eigenvalue weighted by molar-refractivity contribution is -0.124. The van der Waals surface area contributed by atoms with Crippen LogP contribution in [-0.2, 0) is 4.79 Å². The summed E-state index contributed by atoms with van der Waals surface area (Å²) in [6, 6.07) is 6.33. The molecule has 122 valence electrons. The molecule has 1 rings (SSSR count). The molecule has 0 aliphatic heterocycles. The Balaban J connectivity index is 0. The zero-order valence-electron chi connectivity index (χ0n) is 12.5. The average molecular weight is 340 g/mol. The van der Waals surface area contributed by atoms with E-state index in [9.17, 15) is 9.18 Å². The van der Waals surface area contributed by atoms with Gasteiger partial charge in [0.05, 0.1) is 6.04 Å². The van der Waals surface area contributed by atoms with Crippen molar-refractivity contribution in [2.75, 3.05) is 27.2 Å². The zero-order chi connectivity index (χ0) is 14.4. The highest BCUT2D eigenvalue weighted by Crippen LogP contribution is 2.17. The molecule has 0 aliphatic carbocycles. The molecule has 1 aromatic carbocycles. The molecule has 4 nitrogen and oxygen atoms in total. The quantitative estimate of drug-likeness (QED) is 0.833. The SMILES string of the molecule is CC(CN)C(=O)NCC(c1ccc(F)cc1)N(C)C.Cl.Cl. The molecular weight excluding hydrogens is 316 g/mol. The summed E-state index contributed by atoms with van der Waals surface area (Å²) in [5.74, 6) is -0.519. The first-order valence-corrected chi connectivity index (χ1v) is 6.35. The molecular formula is C14H24Cl2FN3O. The van der Waals surface area contributed by atoms with Crippen LogP contribution in [0.5, 0.6) is 0 Å². The molecule has 3 N–H and O–H groups in total. The minimum Gasteiger partial charge on any atom is -0.354 e. The standard InChI is InChI=1S/C14H22FN3O.2ClH/c1-10(8-16)14(19)17-9-13(18(2)3)11-4-6-12(15)7-5-11;;/h4-7,10,13H,8-9,16H2,1-3H3,(H,17,19);2*1H. The Hall–Kier alpha value is -0.880. The number of carbonyl (C=O) groups excluding carboxylic acids is 1. The van der Waals surface area contributed by atoms with Gasteiger partial charge in [0, 0.05) is 19.0 Å². The van der Waals surface area contributed by atoms with Crippen LogP contribution in [0.1, 0.15) is 18.5 Å². The Kier molecular flexibility index (Phi) is 11.5. The highest BCUT2D eigenvalue weighted by atomic mass is 35.5. The van der Waals surface area contributed by atoms with E-state index in [1.807, 2.05) is 19.0 Å². The number of nitrogens with zero attached hydrogens (tertiary/aromatic N) is 1. The minimum absolute atomic E-state index is 0. The second-order valence-corrected chi connectivity index (χ2v) is 4.91. The number of benzene rings is 1. The van der Waals surface area contributed by atoms with Gasteiger partial charge >= 0.3 is 0 Å². The van der Waals surface area contributed by atoms with E-state index in [0.717, 1.165) is 5.56 Å². The third-order valence-corrected chi connectivity index (χ3v) is 3.15. The molecule has 1 amide bonds. The summed E-state index contributed by atoms with van der Waals surface area (Å²) in [6.07, 6.45) is 0. The largest absolute Gasteiger partial charge is 0.354 e. The molecule has 1 aromatic rings. The minimum atomic E-state index is -0.262. The van der Waals surface area contributed by atoms with Crippen LogP contribution < -0.4 is 11.1 Å². The van der Waals surface area contributed by atoms with Gasteiger partial charge in [0.15, 0.2) is 0 Å². The number of nitrogens with one attached hydrogen (secondary N) is 1. The second kappa shape index (κ2) is 10.8. The molecule has 0 bridgehead atoms. The molecule has 0 heterocycles. The van der Waals surface area contributed by atoms with Crippen molar-refractivity contribution in [2.24, 2.45) is 11.7 Å². The summed E-state index contributed by atoms with van der Waals surface area (Å²) < 4.78 is 12.9. The smallest absolute Gasteiger partial charge is 0.224 e. The van der Waals surface area contributed by atoms with E-state index in [4.69, 9.17) is 5.73 Å². The molecule has 0 saturated heterocycles. The number of hydrogen-bond donors (Lipinski definition) is 2. The van der Waals surface area contributed by atoms with Gasteiger partial charge < -0.3 is 16.0 Å². The van der Waals surface area contributed by atoms with Gasteiger partial charge in [0.2, 0.25) is 5.91 Å². The molecule has 0 spiro atoms. The van der Waals surface area contributed by atoms with Gasteiger partial charge in [-0.1, -0.05) is 19.1 Å². The topological polar surface area (TPSA) is 58.4 Å². The number of hydrogen-bond acceptors (Lipinski definition) is 3. The van der Waals surface area contributed by atoms with E-state index < -0.39 is 0 Å². The fourth-order valence-electron chi connectivity index (χ4n) is 1.76. The van der Waals surface area contributed by atoms with Crippen LogP contribution in [0.15, 0.2) is 24.3 Å². The predicted molar refractivity (Wildman–Crippen MR) is 88.6 cm³/mol. The summed E-state index contributed by atoms with van der Waals surface area (Å²) in [6.45, 7) is 2.59. The molecule has 2 unspecified atom stereocenters. The van der Waals surface area contributed by atoms with Crippen molar-refractivity contribution in [3.05, 3.63) is 35.6 Å². The maximum absolute atomic E-state index is 12.9. The fraction of sp³-hybridized carbons (Fsp3) is 0.500. The molecule has 0 aromatic heterocycles. The molecule has 0 radical (unpaired) electrons. The van der Waals surface area contributed by atoms with E-state index in [-0.39, 0.29) is 48.5 Å². The summed E-state index contributed by atoms with van der Waals surface area (Å²) in [4.78, 5) is 13.7. The van der Waals surface area contributed by atoms with Crippen molar-refractivity contribution in [3.63, 3.8) is 0 Å². The normalized spacial score (nSPS) is 12.9. The van der Waals surface area contributed by atoms with Gasteiger partial charge in [-0.2, -0.15) is 0 Å². The molecule has 0 aliphatic rings. The first-order valence-electron chi connectivity index (χ1n) is 6.35. The first kappa shape index (κ1) is 22.4. The maximum atomic E-state index is 12.9. The van der Waals surface area contributed by atoms with Crippen molar-refractivity contribution in [1.29, 1.82) is 0 Å². The third kappa shape index (κ3) is 7.09. The molecule has 2 atom stereocenters. The van der Waals surface area contributed by atoms with Crippen molar-refractivity contribution in [2.45, 2.75) is 13.0 Å². The zero-order valence-corrected chi connectivity index (χ0v) is 14.1. The predicted octanol–water partition coefficient (Wildman–Crippen LogP) is 1.98. The van der Waals surface area contributed by atoms with Crippen LogP contribution in [-0.4, -0.2) is 38.0 Å². The van der Waals surface area contributed by atoms with E-state index >= 15 is 0 Å². The number of halogens is 3. The van der Waals surface area contributed by atoms with Gasteiger partial charge in [-0.15, -0.1) is 24.8 Å². The van der Waals surface area contributed by atoms with Crippen LogP contribution in [0.2, 0.25) is 0 Å².